The highest BCUT2D eigenvalue weighted by Crippen LogP contribution is 2.10. The summed E-state index contributed by atoms with van der Waals surface area (Å²) >= 11 is 0. The van der Waals surface area contributed by atoms with Crippen molar-refractivity contribution in [3.8, 4) is 0 Å². The molecule has 1 unspecified atom stereocenters. The number of aliphatic hydroxyl groups excluding tert-OH is 1. The van der Waals surface area contributed by atoms with E-state index in [1.165, 1.54) is 24.3 Å². The Kier molecular flexibility index (Phi) is 8.71. The number of hydrazine groups is 1. The lowest BCUT2D eigenvalue weighted by molar-refractivity contribution is 0.0738. The average molecular weight is 292 g/mol. The molecule has 0 spiro atoms. The van der Waals surface area contributed by atoms with Gasteiger partial charge in [0.15, 0.2) is 0 Å². The first-order valence-electron chi connectivity index (χ1n) is 7.94. The molecular formula is C17H28N2O2. The van der Waals surface area contributed by atoms with E-state index in [1.54, 1.807) is 12.1 Å². The van der Waals surface area contributed by atoms with Gasteiger partial charge in [-0.1, -0.05) is 50.8 Å². The molecule has 118 valence electrons. The van der Waals surface area contributed by atoms with Crippen LogP contribution in [0.1, 0.15) is 62.2 Å². The molecule has 0 fully saturated rings. The van der Waals surface area contributed by atoms with E-state index in [1.807, 2.05) is 18.2 Å². The molecule has 0 aliphatic rings. The number of amides is 1. The van der Waals surface area contributed by atoms with Crippen molar-refractivity contribution in [2.45, 2.75) is 58.0 Å². The molecule has 0 aliphatic heterocycles. The minimum Gasteiger partial charge on any atom is -0.393 e. The zero-order valence-electron chi connectivity index (χ0n) is 13.0. The van der Waals surface area contributed by atoms with Crippen LogP contribution in [-0.4, -0.2) is 28.7 Å². The van der Waals surface area contributed by atoms with Crippen LogP contribution in [0.2, 0.25) is 0 Å². The Morgan fingerprint density at radius 2 is 1.81 bits per heavy atom. The van der Waals surface area contributed by atoms with Gasteiger partial charge in [-0.15, -0.1) is 0 Å². The molecule has 1 atom stereocenters. The Balaban J connectivity index is 2.18. The summed E-state index contributed by atoms with van der Waals surface area (Å²) in [7, 11) is 0. The Hall–Kier alpha value is -1.39. The monoisotopic (exact) mass is 292 g/mol. The van der Waals surface area contributed by atoms with E-state index in [4.69, 9.17) is 5.84 Å². The number of hydrogen-bond acceptors (Lipinski definition) is 3. The van der Waals surface area contributed by atoms with E-state index in [2.05, 4.69) is 6.92 Å². The number of hydrogen-bond donors (Lipinski definition) is 2. The van der Waals surface area contributed by atoms with Crippen molar-refractivity contribution in [2.24, 2.45) is 5.84 Å². The van der Waals surface area contributed by atoms with E-state index in [-0.39, 0.29) is 12.0 Å². The quantitative estimate of drug-likeness (QED) is 0.301. The van der Waals surface area contributed by atoms with Gasteiger partial charge in [-0.2, -0.15) is 0 Å². The van der Waals surface area contributed by atoms with Crippen molar-refractivity contribution in [3.63, 3.8) is 0 Å². The first-order chi connectivity index (χ1) is 10.1. The maximum absolute atomic E-state index is 12.0. The SMILES string of the molecule is CCCCCCC(O)CCCN(N)C(=O)c1ccccc1. The molecule has 21 heavy (non-hydrogen) atoms. The molecule has 0 aromatic heterocycles. The number of rotatable bonds is 10. The van der Waals surface area contributed by atoms with E-state index in [0.29, 0.717) is 18.5 Å². The summed E-state index contributed by atoms with van der Waals surface area (Å²) in [5.74, 6) is 5.60. The second kappa shape index (κ2) is 10.4. The van der Waals surface area contributed by atoms with Crippen molar-refractivity contribution in [1.29, 1.82) is 0 Å². The number of unbranched alkanes of at least 4 members (excludes halogenated alkanes) is 3. The molecule has 3 N–H and O–H groups in total. The topological polar surface area (TPSA) is 66.6 Å². The van der Waals surface area contributed by atoms with Crippen LogP contribution in [0.4, 0.5) is 0 Å². The van der Waals surface area contributed by atoms with Gasteiger partial charge in [0.05, 0.1) is 6.10 Å². The first kappa shape index (κ1) is 17.7. The fraction of sp³-hybridized carbons (Fsp3) is 0.588. The number of nitrogens with two attached hydrogens (primary N) is 1. The second-order valence-corrected chi connectivity index (χ2v) is 5.51. The molecule has 1 amide bonds. The minimum atomic E-state index is -0.276. The number of benzene rings is 1. The number of carbonyl (C=O) groups is 1. The molecule has 0 heterocycles. The third-order valence-corrected chi connectivity index (χ3v) is 3.61. The minimum absolute atomic E-state index is 0.173. The summed E-state index contributed by atoms with van der Waals surface area (Å²) in [5.41, 5.74) is 0.597. The molecule has 4 heteroatoms. The zero-order valence-corrected chi connectivity index (χ0v) is 13.0. The summed E-state index contributed by atoms with van der Waals surface area (Å²) in [4.78, 5) is 12.0. The van der Waals surface area contributed by atoms with E-state index in [0.717, 1.165) is 19.3 Å². The standard InChI is InChI=1S/C17H28N2O2/c1-2-3-4-8-12-16(20)13-9-14-19(18)17(21)15-10-6-5-7-11-15/h5-7,10-11,16,20H,2-4,8-9,12-14,18H2,1H3. The Morgan fingerprint density at radius 3 is 2.48 bits per heavy atom. The summed E-state index contributed by atoms with van der Waals surface area (Å²) in [6.07, 6.45) is 6.69. The maximum Gasteiger partial charge on any atom is 0.267 e. The molecule has 1 aromatic carbocycles. The van der Waals surface area contributed by atoms with Crippen molar-refractivity contribution in [2.75, 3.05) is 6.54 Å². The van der Waals surface area contributed by atoms with E-state index >= 15 is 0 Å². The van der Waals surface area contributed by atoms with Crippen LogP contribution in [0, 0.1) is 0 Å². The number of aliphatic hydroxyl groups is 1. The van der Waals surface area contributed by atoms with Crippen molar-refractivity contribution < 1.29 is 9.90 Å². The predicted octanol–water partition coefficient (Wildman–Crippen LogP) is 3.11. The Bertz CT molecular complexity index is 395. The van der Waals surface area contributed by atoms with Crippen LogP contribution in [-0.2, 0) is 0 Å². The highest BCUT2D eigenvalue weighted by Gasteiger charge is 2.12. The highest BCUT2D eigenvalue weighted by atomic mass is 16.3. The van der Waals surface area contributed by atoms with Crippen LogP contribution in [0.15, 0.2) is 30.3 Å². The van der Waals surface area contributed by atoms with Gasteiger partial charge in [-0.05, 0) is 31.4 Å². The van der Waals surface area contributed by atoms with Crippen LogP contribution >= 0.6 is 0 Å². The predicted molar refractivity (Wildman–Crippen MR) is 85.7 cm³/mol. The van der Waals surface area contributed by atoms with Gasteiger partial charge < -0.3 is 5.11 Å². The Labute approximate surface area is 127 Å². The molecule has 0 bridgehead atoms. The lowest BCUT2D eigenvalue weighted by atomic mass is 10.1. The average Bonchev–Trinajstić information content (AvgIpc) is 2.51. The third-order valence-electron chi connectivity index (χ3n) is 3.61. The molecule has 0 radical (unpaired) electrons. The van der Waals surface area contributed by atoms with Gasteiger partial charge in [-0.25, -0.2) is 5.84 Å². The van der Waals surface area contributed by atoms with Gasteiger partial charge in [0.2, 0.25) is 0 Å². The first-order valence-corrected chi connectivity index (χ1v) is 7.94. The van der Waals surface area contributed by atoms with Crippen molar-refractivity contribution >= 4 is 5.91 Å². The second-order valence-electron chi connectivity index (χ2n) is 5.51. The molecule has 0 saturated heterocycles. The lowest BCUT2D eigenvalue weighted by Gasteiger charge is -2.17. The van der Waals surface area contributed by atoms with Crippen LogP contribution in [0.25, 0.3) is 0 Å². The van der Waals surface area contributed by atoms with Crippen LogP contribution in [0.3, 0.4) is 0 Å². The number of nitrogens with zero attached hydrogens (tertiary/aromatic N) is 1. The summed E-state index contributed by atoms with van der Waals surface area (Å²) < 4.78 is 0. The molecule has 0 aliphatic carbocycles. The van der Waals surface area contributed by atoms with Gasteiger partial charge in [0.25, 0.3) is 5.91 Å². The highest BCUT2D eigenvalue weighted by molar-refractivity contribution is 5.93. The van der Waals surface area contributed by atoms with E-state index in [9.17, 15) is 9.90 Å². The summed E-state index contributed by atoms with van der Waals surface area (Å²) in [5, 5.41) is 11.1. The van der Waals surface area contributed by atoms with Gasteiger partial charge in [0.1, 0.15) is 0 Å². The molecule has 0 saturated carbocycles. The van der Waals surface area contributed by atoms with Gasteiger partial charge in [-0.3, -0.25) is 9.80 Å². The van der Waals surface area contributed by atoms with Gasteiger partial charge in [0, 0.05) is 12.1 Å². The van der Waals surface area contributed by atoms with Crippen LogP contribution in [0.5, 0.6) is 0 Å². The lowest BCUT2D eigenvalue weighted by Crippen LogP contribution is -2.38. The fourth-order valence-electron chi connectivity index (χ4n) is 2.30. The number of carbonyl (C=O) groups excluding carboxylic acids is 1. The normalized spacial score (nSPS) is 12.1. The third kappa shape index (κ3) is 7.25. The Morgan fingerprint density at radius 1 is 1.14 bits per heavy atom. The van der Waals surface area contributed by atoms with Gasteiger partial charge >= 0.3 is 0 Å². The maximum atomic E-state index is 12.0. The zero-order chi connectivity index (χ0) is 15.5. The van der Waals surface area contributed by atoms with E-state index < -0.39 is 0 Å². The largest absolute Gasteiger partial charge is 0.393 e. The molecule has 1 aromatic rings. The van der Waals surface area contributed by atoms with Crippen molar-refractivity contribution in [1.82, 2.24) is 5.01 Å². The summed E-state index contributed by atoms with van der Waals surface area (Å²) in [6, 6.07) is 9.02. The fourth-order valence-corrected chi connectivity index (χ4v) is 2.30. The molecular weight excluding hydrogens is 264 g/mol. The smallest absolute Gasteiger partial charge is 0.267 e. The van der Waals surface area contributed by atoms with Crippen molar-refractivity contribution in [3.05, 3.63) is 35.9 Å². The van der Waals surface area contributed by atoms with Crippen LogP contribution < -0.4 is 5.84 Å². The molecule has 4 nitrogen and oxygen atoms in total. The summed E-state index contributed by atoms with van der Waals surface area (Å²) in [6.45, 7) is 2.65. The molecule has 1 rings (SSSR count).